The highest BCUT2D eigenvalue weighted by molar-refractivity contribution is 5.84. The van der Waals surface area contributed by atoms with E-state index >= 15 is 0 Å². The lowest BCUT2D eigenvalue weighted by molar-refractivity contribution is 0.0690. The largest absolute Gasteiger partial charge is 0.476 e. The summed E-state index contributed by atoms with van der Waals surface area (Å²) >= 11 is 0. The van der Waals surface area contributed by atoms with Crippen LogP contribution in [0, 0.1) is 5.92 Å². The van der Waals surface area contributed by atoms with Crippen LogP contribution in [0.15, 0.2) is 6.20 Å². The lowest BCUT2D eigenvalue weighted by Gasteiger charge is -2.29. The Hall–Kier alpha value is -1.43. The average molecular weight is 210 g/mol. The molecule has 1 aromatic rings. The molecule has 82 valence electrons. The van der Waals surface area contributed by atoms with Crippen molar-refractivity contribution in [2.75, 3.05) is 13.1 Å². The molecule has 0 bridgehead atoms. The lowest BCUT2D eigenvalue weighted by Crippen LogP contribution is -2.37. The Kier molecular flexibility index (Phi) is 2.68. The van der Waals surface area contributed by atoms with E-state index in [1.165, 1.54) is 6.20 Å². The maximum absolute atomic E-state index is 10.6. The van der Waals surface area contributed by atoms with Gasteiger partial charge in [0.1, 0.15) is 0 Å². The summed E-state index contributed by atoms with van der Waals surface area (Å²) in [4.78, 5) is 10.6. The molecule has 0 aliphatic carbocycles. The molecule has 0 aromatic carbocycles. The molecule has 0 radical (unpaired) electrons. The van der Waals surface area contributed by atoms with E-state index in [1.807, 2.05) is 0 Å². The Labute approximate surface area is 87.3 Å². The average Bonchev–Trinajstić information content (AvgIpc) is 2.67. The number of carbonyl (C=O) groups is 1. The van der Waals surface area contributed by atoms with Crippen molar-refractivity contribution in [1.29, 1.82) is 0 Å². The van der Waals surface area contributed by atoms with Crippen LogP contribution in [0.1, 0.15) is 29.9 Å². The predicted octanol–water partition coefficient (Wildman–Crippen LogP) is 0.147. The Bertz CT molecular complexity index is 363. The third-order valence-corrected chi connectivity index (χ3v) is 2.86. The van der Waals surface area contributed by atoms with E-state index in [0.717, 1.165) is 19.5 Å². The fourth-order valence-corrected chi connectivity index (χ4v) is 1.86. The van der Waals surface area contributed by atoms with Crippen LogP contribution in [-0.2, 0) is 0 Å². The smallest absolute Gasteiger partial charge is 0.358 e. The van der Waals surface area contributed by atoms with Crippen molar-refractivity contribution >= 4 is 5.97 Å². The molecule has 0 spiro atoms. The van der Waals surface area contributed by atoms with Gasteiger partial charge in [-0.25, -0.2) is 9.48 Å². The molecule has 0 saturated carbocycles. The number of hydrogen-bond donors (Lipinski definition) is 2. The van der Waals surface area contributed by atoms with Crippen molar-refractivity contribution in [3.8, 4) is 0 Å². The topological polar surface area (TPSA) is 80.0 Å². The van der Waals surface area contributed by atoms with Gasteiger partial charge in [-0.15, -0.1) is 5.10 Å². The van der Waals surface area contributed by atoms with Crippen molar-refractivity contribution in [2.24, 2.45) is 5.92 Å². The first kappa shape index (κ1) is 10.1. The maximum atomic E-state index is 10.6. The molecule has 1 saturated heterocycles. The summed E-state index contributed by atoms with van der Waals surface area (Å²) < 4.78 is 1.65. The van der Waals surface area contributed by atoms with Crippen LogP contribution in [0.3, 0.4) is 0 Å². The summed E-state index contributed by atoms with van der Waals surface area (Å²) in [6, 6.07) is 0.208. The quantitative estimate of drug-likeness (QED) is 0.726. The van der Waals surface area contributed by atoms with Gasteiger partial charge in [0.25, 0.3) is 0 Å². The van der Waals surface area contributed by atoms with Crippen molar-refractivity contribution in [3.05, 3.63) is 11.9 Å². The SMILES string of the molecule is C[C@@H]1CCNC[C@H]1n1cc(C(=O)O)nn1. The molecule has 6 nitrogen and oxygen atoms in total. The molecule has 2 rings (SSSR count). The zero-order valence-corrected chi connectivity index (χ0v) is 8.55. The zero-order valence-electron chi connectivity index (χ0n) is 8.55. The highest BCUT2D eigenvalue weighted by Gasteiger charge is 2.24. The van der Waals surface area contributed by atoms with E-state index in [9.17, 15) is 4.79 Å². The minimum atomic E-state index is -1.03. The molecular weight excluding hydrogens is 196 g/mol. The van der Waals surface area contributed by atoms with Gasteiger partial charge in [-0.2, -0.15) is 0 Å². The van der Waals surface area contributed by atoms with Gasteiger partial charge < -0.3 is 10.4 Å². The lowest BCUT2D eigenvalue weighted by atomic mass is 9.95. The van der Waals surface area contributed by atoms with E-state index in [4.69, 9.17) is 5.11 Å². The van der Waals surface area contributed by atoms with Crippen LogP contribution in [-0.4, -0.2) is 39.2 Å². The summed E-state index contributed by atoms with van der Waals surface area (Å²) in [7, 11) is 0. The first-order valence-electron chi connectivity index (χ1n) is 5.04. The highest BCUT2D eigenvalue weighted by Crippen LogP contribution is 2.22. The van der Waals surface area contributed by atoms with E-state index in [2.05, 4.69) is 22.6 Å². The summed E-state index contributed by atoms with van der Waals surface area (Å²) in [5.41, 5.74) is 0.00720. The second kappa shape index (κ2) is 3.98. The van der Waals surface area contributed by atoms with Crippen LogP contribution in [0.25, 0.3) is 0 Å². The van der Waals surface area contributed by atoms with E-state index in [0.29, 0.717) is 5.92 Å². The van der Waals surface area contributed by atoms with Gasteiger partial charge in [-0.1, -0.05) is 12.1 Å². The van der Waals surface area contributed by atoms with Gasteiger partial charge in [0, 0.05) is 6.54 Å². The van der Waals surface area contributed by atoms with Gasteiger partial charge in [0.2, 0.25) is 0 Å². The number of rotatable bonds is 2. The molecule has 0 amide bonds. The minimum absolute atomic E-state index is 0.00720. The second-order valence-corrected chi connectivity index (χ2v) is 3.93. The number of aromatic nitrogens is 3. The Balaban J connectivity index is 2.17. The first-order valence-corrected chi connectivity index (χ1v) is 5.04. The van der Waals surface area contributed by atoms with Crippen LogP contribution < -0.4 is 5.32 Å². The van der Waals surface area contributed by atoms with E-state index in [1.54, 1.807) is 4.68 Å². The number of piperidine rings is 1. The molecule has 1 fully saturated rings. The molecule has 2 N–H and O–H groups in total. The van der Waals surface area contributed by atoms with Crippen molar-refractivity contribution in [1.82, 2.24) is 20.3 Å². The van der Waals surface area contributed by atoms with Crippen LogP contribution >= 0.6 is 0 Å². The molecule has 6 heteroatoms. The number of nitrogens with zero attached hydrogens (tertiary/aromatic N) is 3. The van der Waals surface area contributed by atoms with Gasteiger partial charge in [0.15, 0.2) is 5.69 Å². The third kappa shape index (κ3) is 1.99. The Morgan fingerprint density at radius 3 is 3.13 bits per heavy atom. The normalized spacial score (nSPS) is 26.5. The monoisotopic (exact) mass is 210 g/mol. The van der Waals surface area contributed by atoms with Crippen molar-refractivity contribution in [2.45, 2.75) is 19.4 Å². The number of hydrogen-bond acceptors (Lipinski definition) is 4. The van der Waals surface area contributed by atoms with Crippen LogP contribution in [0.4, 0.5) is 0 Å². The standard InChI is InChI=1S/C9H14N4O2/c1-6-2-3-10-4-8(6)13-5-7(9(14)15)11-12-13/h5-6,8,10H,2-4H2,1H3,(H,14,15)/t6-,8-/m1/s1. The highest BCUT2D eigenvalue weighted by atomic mass is 16.4. The van der Waals surface area contributed by atoms with Crippen molar-refractivity contribution < 1.29 is 9.90 Å². The molecule has 2 atom stereocenters. The first-order chi connectivity index (χ1) is 7.18. The second-order valence-electron chi connectivity index (χ2n) is 3.93. The maximum Gasteiger partial charge on any atom is 0.358 e. The van der Waals surface area contributed by atoms with Crippen LogP contribution in [0.5, 0.6) is 0 Å². The summed E-state index contributed by atoms with van der Waals surface area (Å²) in [5.74, 6) is -0.535. The fourth-order valence-electron chi connectivity index (χ4n) is 1.86. The van der Waals surface area contributed by atoms with Gasteiger partial charge >= 0.3 is 5.97 Å². The molecular formula is C9H14N4O2. The number of nitrogens with one attached hydrogen (secondary N) is 1. The fraction of sp³-hybridized carbons (Fsp3) is 0.667. The van der Waals surface area contributed by atoms with Gasteiger partial charge in [0.05, 0.1) is 12.2 Å². The minimum Gasteiger partial charge on any atom is -0.476 e. The van der Waals surface area contributed by atoms with E-state index < -0.39 is 5.97 Å². The number of carboxylic acid groups (broad SMARTS) is 1. The molecule has 1 aliphatic heterocycles. The Morgan fingerprint density at radius 1 is 1.73 bits per heavy atom. The molecule has 15 heavy (non-hydrogen) atoms. The molecule has 1 aromatic heterocycles. The van der Waals surface area contributed by atoms with Gasteiger partial charge in [-0.05, 0) is 18.9 Å². The summed E-state index contributed by atoms with van der Waals surface area (Å²) in [5, 5.41) is 19.5. The molecule has 2 heterocycles. The van der Waals surface area contributed by atoms with Gasteiger partial charge in [-0.3, -0.25) is 0 Å². The van der Waals surface area contributed by atoms with Crippen molar-refractivity contribution in [3.63, 3.8) is 0 Å². The predicted molar refractivity (Wildman–Crippen MR) is 52.7 cm³/mol. The Morgan fingerprint density at radius 2 is 2.53 bits per heavy atom. The summed E-state index contributed by atoms with van der Waals surface area (Å²) in [6.07, 6.45) is 2.57. The molecule has 1 aliphatic rings. The number of aromatic carboxylic acids is 1. The molecule has 0 unspecified atom stereocenters. The van der Waals surface area contributed by atoms with E-state index in [-0.39, 0.29) is 11.7 Å². The van der Waals surface area contributed by atoms with Crippen LogP contribution in [0.2, 0.25) is 0 Å². The zero-order chi connectivity index (χ0) is 10.8. The number of carboxylic acids is 1. The summed E-state index contributed by atoms with van der Waals surface area (Å²) in [6.45, 7) is 3.98. The third-order valence-electron chi connectivity index (χ3n) is 2.86.